The monoisotopic (exact) mass is 422 g/mol. The third kappa shape index (κ3) is 4.43. The molecular formula is C19H22N2O7S. The average molecular weight is 422 g/mol. The molecule has 0 unspecified atom stereocenters. The Hall–Kier alpha value is -2.85. The maximum absolute atomic E-state index is 13.0. The number of rotatable bonds is 7. The summed E-state index contributed by atoms with van der Waals surface area (Å²) in [6.45, 7) is 4.57. The Morgan fingerprint density at radius 1 is 1.10 bits per heavy atom. The molecule has 10 heteroatoms. The minimum absolute atomic E-state index is 0.135. The molecule has 156 valence electrons. The van der Waals surface area contributed by atoms with Crippen LogP contribution in [-0.2, 0) is 10.0 Å². The van der Waals surface area contributed by atoms with E-state index in [1.807, 2.05) is 13.8 Å². The van der Waals surface area contributed by atoms with Gasteiger partial charge in [-0.1, -0.05) is 19.9 Å². The molecule has 0 saturated heterocycles. The summed E-state index contributed by atoms with van der Waals surface area (Å²) in [6.07, 6.45) is 0. The van der Waals surface area contributed by atoms with Crippen LogP contribution < -0.4 is 18.9 Å². The topological polar surface area (TPSA) is 117 Å². The molecule has 2 aromatic carbocycles. The van der Waals surface area contributed by atoms with Crippen molar-refractivity contribution in [2.45, 2.75) is 24.8 Å². The van der Waals surface area contributed by atoms with Gasteiger partial charge in [0.05, 0.1) is 18.1 Å². The lowest BCUT2D eigenvalue weighted by molar-refractivity contribution is -0.387. The third-order valence-corrected chi connectivity index (χ3v) is 6.01. The highest BCUT2D eigenvalue weighted by Crippen LogP contribution is 2.36. The molecule has 1 atom stereocenters. The van der Waals surface area contributed by atoms with Crippen LogP contribution in [0.4, 0.5) is 5.69 Å². The van der Waals surface area contributed by atoms with Crippen LogP contribution in [0.5, 0.6) is 17.2 Å². The number of methoxy groups -OCH3 is 1. The first kappa shape index (κ1) is 20.9. The Morgan fingerprint density at radius 3 is 2.41 bits per heavy atom. The number of fused-ring (bicyclic) bond motifs is 1. The van der Waals surface area contributed by atoms with E-state index in [-0.39, 0.29) is 11.7 Å². The lowest BCUT2D eigenvalue weighted by Gasteiger charge is -2.25. The van der Waals surface area contributed by atoms with Crippen molar-refractivity contribution in [2.75, 3.05) is 20.3 Å². The number of benzene rings is 2. The van der Waals surface area contributed by atoms with Gasteiger partial charge in [-0.05, 0) is 35.7 Å². The van der Waals surface area contributed by atoms with Crippen LogP contribution in [-0.4, -0.2) is 33.7 Å². The number of nitro benzene ring substituents is 1. The van der Waals surface area contributed by atoms with E-state index in [9.17, 15) is 18.5 Å². The van der Waals surface area contributed by atoms with Gasteiger partial charge in [0.15, 0.2) is 16.4 Å². The first-order valence-electron chi connectivity index (χ1n) is 8.97. The molecule has 0 aromatic heterocycles. The lowest BCUT2D eigenvalue weighted by atomic mass is 9.97. The summed E-state index contributed by atoms with van der Waals surface area (Å²) in [4.78, 5) is 10.2. The molecule has 1 N–H and O–H groups in total. The summed E-state index contributed by atoms with van der Waals surface area (Å²) in [5.41, 5.74) is 0.116. The van der Waals surface area contributed by atoms with Crippen molar-refractivity contribution in [3.63, 3.8) is 0 Å². The van der Waals surface area contributed by atoms with E-state index >= 15 is 0 Å². The number of nitrogens with zero attached hydrogens (tertiary/aromatic N) is 1. The van der Waals surface area contributed by atoms with Crippen LogP contribution in [0.3, 0.4) is 0 Å². The minimum Gasteiger partial charge on any atom is -0.497 e. The van der Waals surface area contributed by atoms with Crippen molar-refractivity contribution in [3.05, 3.63) is 52.1 Å². The normalized spacial score (nSPS) is 14.5. The number of nitro groups is 1. The van der Waals surface area contributed by atoms with Crippen LogP contribution >= 0.6 is 0 Å². The molecule has 0 amide bonds. The largest absolute Gasteiger partial charge is 0.497 e. The minimum atomic E-state index is -4.19. The first-order chi connectivity index (χ1) is 13.7. The van der Waals surface area contributed by atoms with E-state index < -0.39 is 31.6 Å². The molecule has 0 fully saturated rings. The summed E-state index contributed by atoms with van der Waals surface area (Å²) in [5.74, 6) is 1.19. The quantitative estimate of drug-likeness (QED) is 0.538. The van der Waals surface area contributed by atoms with Crippen LogP contribution in [0.15, 0.2) is 41.3 Å². The molecule has 1 aliphatic heterocycles. The van der Waals surface area contributed by atoms with Gasteiger partial charge in [0.2, 0.25) is 10.0 Å². The van der Waals surface area contributed by atoms with E-state index in [1.54, 1.807) is 18.2 Å². The van der Waals surface area contributed by atoms with E-state index in [0.29, 0.717) is 30.3 Å². The van der Waals surface area contributed by atoms with Gasteiger partial charge in [-0.2, -0.15) is 0 Å². The molecule has 1 heterocycles. The predicted molar refractivity (Wildman–Crippen MR) is 105 cm³/mol. The number of sulfonamides is 1. The number of hydrogen-bond donors (Lipinski definition) is 1. The smallest absolute Gasteiger partial charge is 0.293 e. The predicted octanol–water partition coefficient (Wildman–Crippen LogP) is 3.05. The van der Waals surface area contributed by atoms with Crippen molar-refractivity contribution < 1.29 is 27.6 Å². The Bertz CT molecular complexity index is 1020. The Balaban J connectivity index is 1.98. The maximum Gasteiger partial charge on any atom is 0.293 e. The fourth-order valence-electron chi connectivity index (χ4n) is 3.07. The van der Waals surface area contributed by atoms with Crippen molar-refractivity contribution in [3.8, 4) is 17.2 Å². The summed E-state index contributed by atoms with van der Waals surface area (Å²) in [7, 11) is -2.84. The summed E-state index contributed by atoms with van der Waals surface area (Å²) < 4.78 is 44.7. The van der Waals surface area contributed by atoms with Crippen molar-refractivity contribution in [1.82, 2.24) is 4.72 Å². The second-order valence-corrected chi connectivity index (χ2v) is 8.52. The van der Waals surface area contributed by atoms with Crippen LogP contribution in [0.2, 0.25) is 0 Å². The maximum atomic E-state index is 13.0. The molecule has 0 bridgehead atoms. The molecule has 0 aliphatic carbocycles. The van der Waals surface area contributed by atoms with E-state index in [2.05, 4.69) is 4.72 Å². The van der Waals surface area contributed by atoms with Gasteiger partial charge in [-0.3, -0.25) is 10.1 Å². The van der Waals surface area contributed by atoms with Gasteiger partial charge < -0.3 is 14.2 Å². The standard InChI is InChI=1S/C19H22N2O7S/c1-12(2)19(13-4-6-16-17(10-13)28-9-8-27-16)20-29(24,25)18-7-5-14(26-3)11-15(18)21(22)23/h4-7,10-12,19-20H,8-9H2,1-3H3/t19-/m1/s1. The summed E-state index contributed by atoms with van der Waals surface area (Å²) in [5, 5.41) is 11.4. The fraction of sp³-hybridized carbons (Fsp3) is 0.368. The first-order valence-corrected chi connectivity index (χ1v) is 10.5. The fourth-order valence-corrected chi connectivity index (χ4v) is 4.59. The van der Waals surface area contributed by atoms with Crippen molar-refractivity contribution >= 4 is 15.7 Å². The zero-order valence-corrected chi connectivity index (χ0v) is 17.1. The summed E-state index contributed by atoms with van der Waals surface area (Å²) >= 11 is 0. The lowest BCUT2D eigenvalue weighted by Crippen LogP contribution is -2.32. The zero-order chi connectivity index (χ0) is 21.2. The van der Waals surface area contributed by atoms with Crippen LogP contribution in [0.1, 0.15) is 25.5 Å². The summed E-state index contributed by atoms with van der Waals surface area (Å²) in [6, 6.07) is 8.20. The van der Waals surface area contributed by atoms with Gasteiger partial charge in [0.25, 0.3) is 5.69 Å². The Kier molecular flexibility index (Phi) is 5.94. The van der Waals surface area contributed by atoms with Gasteiger partial charge >= 0.3 is 0 Å². The van der Waals surface area contributed by atoms with E-state index in [4.69, 9.17) is 14.2 Å². The van der Waals surface area contributed by atoms with Gasteiger partial charge in [-0.15, -0.1) is 0 Å². The van der Waals surface area contributed by atoms with Gasteiger partial charge in [0.1, 0.15) is 19.0 Å². The second kappa shape index (κ2) is 8.26. The molecule has 1 aliphatic rings. The molecule has 2 aromatic rings. The van der Waals surface area contributed by atoms with Gasteiger partial charge in [0, 0.05) is 6.04 Å². The molecule has 0 radical (unpaired) electrons. The van der Waals surface area contributed by atoms with E-state index in [1.165, 1.54) is 19.2 Å². The molecule has 9 nitrogen and oxygen atoms in total. The number of nitrogens with one attached hydrogen (secondary N) is 1. The molecule has 29 heavy (non-hydrogen) atoms. The highest BCUT2D eigenvalue weighted by atomic mass is 32.2. The Morgan fingerprint density at radius 2 is 1.79 bits per heavy atom. The molecular weight excluding hydrogens is 400 g/mol. The number of hydrogen-bond acceptors (Lipinski definition) is 7. The van der Waals surface area contributed by atoms with Crippen molar-refractivity contribution in [2.24, 2.45) is 5.92 Å². The Labute approximate surface area is 168 Å². The van der Waals surface area contributed by atoms with Crippen LogP contribution in [0, 0.1) is 16.0 Å². The molecule has 3 rings (SSSR count). The second-order valence-electron chi connectivity index (χ2n) is 6.84. The highest BCUT2D eigenvalue weighted by molar-refractivity contribution is 7.89. The zero-order valence-electron chi connectivity index (χ0n) is 16.2. The van der Waals surface area contributed by atoms with Gasteiger partial charge in [-0.25, -0.2) is 13.1 Å². The average Bonchev–Trinajstić information content (AvgIpc) is 2.71. The molecule has 0 spiro atoms. The number of ether oxygens (including phenoxy) is 3. The van der Waals surface area contributed by atoms with Crippen LogP contribution in [0.25, 0.3) is 0 Å². The third-order valence-electron chi connectivity index (χ3n) is 4.53. The van der Waals surface area contributed by atoms with Crippen molar-refractivity contribution in [1.29, 1.82) is 0 Å². The molecule has 0 saturated carbocycles. The van der Waals surface area contributed by atoms with E-state index in [0.717, 1.165) is 6.07 Å². The SMILES string of the molecule is COc1ccc(S(=O)(=O)N[C@@H](c2ccc3c(c2)OCCO3)C(C)C)c([N+](=O)[O-])c1. The highest BCUT2D eigenvalue weighted by Gasteiger charge is 2.31.